The predicted octanol–water partition coefficient (Wildman–Crippen LogP) is 9.31. The Labute approximate surface area is 293 Å². The zero-order valence-corrected chi connectivity index (χ0v) is 27.8. The Morgan fingerprint density at radius 1 is 0.451 bits per heavy atom. The molecule has 2 aliphatic rings. The largest absolute Gasteiger partial charge is 0.496 e. The van der Waals surface area contributed by atoms with E-state index in [1.807, 2.05) is 95.9 Å². The van der Waals surface area contributed by atoms with Crippen LogP contribution in [0.15, 0.2) is 133 Å². The third-order valence-corrected chi connectivity index (χ3v) is 10.1. The quantitative estimate of drug-likeness (QED) is 0.165. The maximum atomic E-state index is 13.6. The summed E-state index contributed by atoms with van der Waals surface area (Å²) in [6, 6.07) is 42.5. The molecule has 0 saturated heterocycles. The minimum absolute atomic E-state index is 0.0265. The minimum atomic E-state index is -0.359. The summed E-state index contributed by atoms with van der Waals surface area (Å²) in [5.41, 5.74) is 8.10. The van der Waals surface area contributed by atoms with Gasteiger partial charge in [-0.25, -0.2) is 4.90 Å². The number of ether oxygens (including phenoxy) is 2. The van der Waals surface area contributed by atoms with Crippen LogP contribution < -0.4 is 19.3 Å². The first-order valence-electron chi connectivity index (χ1n) is 16.6. The Morgan fingerprint density at radius 2 is 0.902 bits per heavy atom. The zero-order valence-electron chi connectivity index (χ0n) is 27.8. The number of nitrogens with zero attached hydrogens (tertiary/aromatic N) is 2. The van der Waals surface area contributed by atoms with Crippen LogP contribution in [0.5, 0.6) is 11.5 Å². The molecule has 0 aromatic heterocycles. The van der Waals surface area contributed by atoms with E-state index in [0.29, 0.717) is 40.1 Å². The third kappa shape index (κ3) is 4.70. The van der Waals surface area contributed by atoms with Crippen LogP contribution in [0.25, 0.3) is 43.8 Å². The highest BCUT2D eigenvalue weighted by Gasteiger charge is 2.34. The van der Waals surface area contributed by atoms with Crippen molar-refractivity contribution < 1.29 is 23.9 Å². The van der Waals surface area contributed by atoms with Crippen molar-refractivity contribution in [2.24, 2.45) is 0 Å². The van der Waals surface area contributed by atoms with Gasteiger partial charge in [0.05, 0.1) is 26.5 Å². The normalized spacial score (nSPS) is 13.6. The van der Waals surface area contributed by atoms with Gasteiger partial charge in [0.15, 0.2) is 0 Å². The molecule has 0 saturated carbocycles. The van der Waals surface area contributed by atoms with Crippen molar-refractivity contribution in [1.82, 2.24) is 0 Å². The van der Waals surface area contributed by atoms with E-state index < -0.39 is 0 Å². The number of amides is 3. The number of carbonyl (C=O) groups is 3. The molecular formula is C44H30N2O5. The van der Waals surface area contributed by atoms with E-state index in [4.69, 9.17) is 9.47 Å². The van der Waals surface area contributed by atoms with E-state index in [2.05, 4.69) is 24.3 Å². The summed E-state index contributed by atoms with van der Waals surface area (Å²) < 4.78 is 11.0. The number of methoxy groups -OCH3 is 2. The van der Waals surface area contributed by atoms with Crippen LogP contribution in [0.3, 0.4) is 0 Å². The van der Waals surface area contributed by atoms with Crippen LogP contribution in [-0.4, -0.2) is 31.9 Å². The highest BCUT2D eigenvalue weighted by Crippen LogP contribution is 2.39. The summed E-state index contributed by atoms with van der Waals surface area (Å²) in [5, 5.41) is 3.28. The summed E-state index contributed by atoms with van der Waals surface area (Å²) in [6.07, 6.45) is 0. The van der Waals surface area contributed by atoms with E-state index in [-0.39, 0.29) is 17.7 Å². The molecule has 7 heteroatoms. The molecule has 0 aliphatic carbocycles. The van der Waals surface area contributed by atoms with Crippen molar-refractivity contribution in [3.05, 3.63) is 156 Å². The minimum Gasteiger partial charge on any atom is -0.496 e. The van der Waals surface area contributed by atoms with E-state index in [1.54, 1.807) is 32.4 Å². The predicted molar refractivity (Wildman–Crippen MR) is 200 cm³/mol. The van der Waals surface area contributed by atoms with Crippen molar-refractivity contribution in [2.45, 2.75) is 6.54 Å². The van der Waals surface area contributed by atoms with Crippen molar-refractivity contribution in [3.8, 4) is 33.8 Å². The number of benzene rings is 7. The second-order valence-corrected chi connectivity index (χ2v) is 12.7. The van der Waals surface area contributed by atoms with Gasteiger partial charge in [-0.2, -0.15) is 0 Å². The standard InChI is InChI=1S/C44H30N2O5/c1-50-38-23-17-30-25-45(42(47)35-7-3-5-33(38)40(30)35)31-18-13-28(14-19-31)26-9-11-27(12-10-26)29-15-20-32(21-16-29)46-43(48)36-8-4-6-34-39(51-2)24-22-37(41(34)36)44(46)49/h3-24H,25H2,1-2H3. The Hall–Kier alpha value is -6.73. The van der Waals surface area contributed by atoms with Crippen LogP contribution in [-0.2, 0) is 6.54 Å². The molecule has 0 spiro atoms. The lowest BCUT2D eigenvalue weighted by molar-refractivity contribution is 0.0892. The van der Waals surface area contributed by atoms with Gasteiger partial charge in [0.25, 0.3) is 17.7 Å². The number of hydrogen-bond acceptors (Lipinski definition) is 5. The second-order valence-electron chi connectivity index (χ2n) is 12.7. The fourth-order valence-corrected chi connectivity index (χ4v) is 7.51. The van der Waals surface area contributed by atoms with Crippen molar-refractivity contribution in [3.63, 3.8) is 0 Å². The lowest BCUT2D eigenvalue weighted by Crippen LogP contribution is -2.40. The van der Waals surface area contributed by atoms with Gasteiger partial charge in [0, 0.05) is 43.9 Å². The number of anilines is 2. The molecule has 0 unspecified atom stereocenters. The number of carbonyl (C=O) groups excluding carboxylic acids is 3. The van der Waals surface area contributed by atoms with E-state index >= 15 is 0 Å². The van der Waals surface area contributed by atoms with Gasteiger partial charge in [0.2, 0.25) is 0 Å². The molecule has 0 N–H and O–H groups in total. The molecular weight excluding hydrogens is 636 g/mol. The molecule has 2 heterocycles. The summed E-state index contributed by atoms with van der Waals surface area (Å²) in [6.45, 7) is 0.488. The number of imide groups is 1. The van der Waals surface area contributed by atoms with Crippen LogP contribution in [0.4, 0.5) is 11.4 Å². The van der Waals surface area contributed by atoms with Gasteiger partial charge in [-0.15, -0.1) is 0 Å². The smallest absolute Gasteiger partial charge is 0.265 e. The first kappa shape index (κ1) is 30.3. The monoisotopic (exact) mass is 666 g/mol. The molecule has 3 amide bonds. The van der Waals surface area contributed by atoms with Crippen LogP contribution >= 0.6 is 0 Å². The highest BCUT2D eigenvalue weighted by atomic mass is 16.5. The van der Waals surface area contributed by atoms with Gasteiger partial charge >= 0.3 is 0 Å². The Balaban J connectivity index is 0.936. The van der Waals surface area contributed by atoms with E-state index in [1.165, 1.54) is 4.90 Å². The molecule has 0 radical (unpaired) electrons. The van der Waals surface area contributed by atoms with Gasteiger partial charge < -0.3 is 14.4 Å². The molecule has 246 valence electrons. The first-order valence-corrected chi connectivity index (χ1v) is 16.6. The fourth-order valence-electron chi connectivity index (χ4n) is 7.51. The van der Waals surface area contributed by atoms with Gasteiger partial charge in [-0.3, -0.25) is 14.4 Å². The van der Waals surface area contributed by atoms with E-state index in [9.17, 15) is 14.4 Å². The third-order valence-electron chi connectivity index (χ3n) is 10.1. The van der Waals surface area contributed by atoms with Crippen molar-refractivity contribution in [2.75, 3.05) is 24.0 Å². The van der Waals surface area contributed by atoms with Gasteiger partial charge in [-0.1, -0.05) is 78.9 Å². The Kier molecular flexibility index (Phi) is 6.96. The lowest BCUT2D eigenvalue weighted by Gasteiger charge is -2.29. The summed E-state index contributed by atoms with van der Waals surface area (Å²) in [5.74, 6) is 0.643. The van der Waals surface area contributed by atoms with Gasteiger partial charge in [-0.05, 0) is 82.4 Å². The number of hydrogen-bond donors (Lipinski definition) is 0. The SMILES string of the molecule is COc1ccc2c3c(cccc13)C(=O)N(c1ccc(-c3ccc(-c4ccc(N5C(=O)c6cccc7c(OC)ccc(c67)C5=O)cc4)cc3)cc1)C2. The maximum Gasteiger partial charge on any atom is 0.265 e. The molecule has 7 aromatic carbocycles. The molecule has 7 nitrogen and oxygen atoms in total. The van der Waals surface area contributed by atoms with Gasteiger partial charge in [0.1, 0.15) is 11.5 Å². The van der Waals surface area contributed by atoms with Crippen LogP contribution in [0, 0.1) is 0 Å². The number of rotatable bonds is 6. The fraction of sp³-hybridized carbons (Fsp3) is 0.0682. The first-order chi connectivity index (χ1) is 24.9. The van der Waals surface area contributed by atoms with Crippen molar-refractivity contribution in [1.29, 1.82) is 0 Å². The summed E-state index contributed by atoms with van der Waals surface area (Å²) in [4.78, 5) is 43.9. The average Bonchev–Trinajstić information content (AvgIpc) is 3.18. The topological polar surface area (TPSA) is 76.2 Å². The Bertz CT molecular complexity index is 2550. The summed E-state index contributed by atoms with van der Waals surface area (Å²) in [7, 11) is 3.23. The summed E-state index contributed by atoms with van der Waals surface area (Å²) >= 11 is 0. The molecule has 0 fully saturated rings. The molecule has 9 rings (SSSR count). The lowest BCUT2D eigenvalue weighted by atomic mass is 9.93. The average molecular weight is 667 g/mol. The van der Waals surface area contributed by atoms with Crippen LogP contribution in [0.1, 0.15) is 36.6 Å². The maximum absolute atomic E-state index is 13.6. The second kappa shape index (κ2) is 11.7. The van der Waals surface area contributed by atoms with Crippen LogP contribution in [0.2, 0.25) is 0 Å². The molecule has 0 bridgehead atoms. The molecule has 0 atom stereocenters. The highest BCUT2D eigenvalue weighted by molar-refractivity contribution is 6.36. The molecule has 51 heavy (non-hydrogen) atoms. The zero-order chi connectivity index (χ0) is 34.8. The van der Waals surface area contributed by atoms with Crippen molar-refractivity contribution >= 4 is 50.6 Å². The molecule has 2 aliphatic heterocycles. The molecule has 7 aromatic rings. The Morgan fingerprint density at radius 3 is 1.45 bits per heavy atom. The van der Waals surface area contributed by atoms with E-state index in [0.717, 1.165) is 55.4 Å².